The van der Waals surface area contributed by atoms with Gasteiger partial charge in [0.15, 0.2) is 11.9 Å². The molecule has 0 bridgehead atoms. The number of nitrogens with zero attached hydrogens (tertiary/aromatic N) is 1. The first kappa shape index (κ1) is 20.4. The lowest BCUT2D eigenvalue weighted by molar-refractivity contribution is -0.153. The van der Waals surface area contributed by atoms with Crippen molar-refractivity contribution in [1.29, 1.82) is 0 Å². The normalized spacial score (nSPS) is 20.6. The van der Waals surface area contributed by atoms with Gasteiger partial charge in [-0.2, -0.15) is 0 Å². The number of thioether (sulfide) groups is 1. The first-order valence-electron chi connectivity index (χ1n) is 9.80. The maximum atomic E-state index is 13.4. The highest BCUT2D eigenvalue weighted by Gasteiger charge is 2.53. The van der Waals surface area contributed by atoms with E-state index in [0.717, 1.165) is 11.1 Å². The van der Waals surface area contributed by atoms with Crippen molar-refractivity contribution >= 4 is 29.4 Å². The van der Waals surface area contributed by atoms with Crippen LogP contribution in [-0.2, 0) is 19.1 Å². The molecule has 6 nitrogen and oxygen atoms in total. The Hall–Kier alpha value is -2.90. The van der Waals surface area contributed by atoms with Crippen LogP contribution >= 0.6 is 11.8 Å². The number of hydrogen-bond acceptors (Lipinski definition) is 6. The van der Waals surface area contributed by atoms with E-state index in [1.807, 2.05) is 60.7 Å². The van der Waals surface area contributed by atoms with E-state index >= 15 is 0 Å². The average molecular weight is 423 g/mol. The number of esters is 1. The Balaban J connectivity index is 1.72. The molecular formula is C23H22N2O4S. The van der Waals surface area contributed by atoms with Crippen LogP contribution in [0.1, 0.15) is 30.6 Å². The number of rotatable bonds is 6. The minimum absolute atomic E-state index is 0.0363. The summed E-state index contributed by atoms with van der Waals surface area (Å²) in [5, 5.41) is -0.347. The first-order chi connectivity index (χ1) is 14.5. The van der Waals surface area contributed by atoms with Gasteiger partial charge in [-0.3, -0.25) is 14.5 Å². The quantitative estimate of drug-likeness (QED) is 0.569. The molecule has 2 aromatic carbocycles. The summed E-state index contributed by atoms with van der Waals surface area (Å²) in [7, 11) is 0. The SMILES string of the molecule is CCC(=O)C1=C(C(=O)OC(c2ccccc2)c2ccccc2)N2C(=O)C(N)[C@H]2SC1. The maximum Gasteiger partial charge on any atom is 0.356 e. The summed E-state index contributed by atoms with van der Waals surface area (Å²) in [6, 6.07) is 18.1. The molecule has 2 aliphatic heterocycles. The fraction of sp³-hybridized carbons (Fsp3) is 0.261. The van der Waals surface area contributed by atoms with Crippen molar-refractivity contribution in [3.8, 4) is 0 Å². The number of amides is 1. The van der Waals surface area contributed by atoms with Gasteiger partial charge in [0.25, 0.3) is 0 Å². The summed E-state index contributed by atoms with van der Waals surface area (Å²) >= 11 is 1.40. The highest BCUT2D eigenvalue weighted by Crippen LogP contribution is 2.41. The van der Waals surface area contributed by atoms with Crippen LogP contribution in [0.15, 0.2) is 71.9 Å². The Morgan fingerprint density at radius 1 is 1.10 bits per heavy atom. The Morgan fingerprint density at radius 3 is 2.20 bits per heavy atom. The van der Waals surface area contributed by atoms with E-state index in [1.165, 1.54) is 16.7 Å². The van der Waals surface area contributed by atoms with Crippen LogP contribution < -0.4 is 5.73 Å². The number of benzene rings is 2. The van der Waals surface area contributed by atoms with E-state index in [2.05, 4.69) is 0 Å². The fourth-order valence-electron chi connectivity index (χ4n) is 3.68. The molecule has 30 heavy (non-hydrogen) atoms. The van der Waals surface area contributed by atoms with Gasteiger partial charge >= 0.3 is 5.97 Å². The van der Waals surface area contributed by atoms with Gasteiger partial charge in [-0.05, 0) is 11.1 Å². The van der Waals surface area contributed by atoms with Crippen molar-refractivity contribution in [1.82, 2.24) is 4.90 Å². The Bertz CT molecular complexity index is 967. The fourth-order valence-corrected chi connectivity index (χ4v) is 5.00. The third-order valence-corrected chi connectivity index (χ3v) is 6.59. The van der Waals surface area contributed by atoms with Gasteiger partial charge in [-0.1, -0.05) is 67.6 Å². The zero-order chi connectivity index (χ0) is 21.3. The van der Waals surface area contributed by atoms with Gasteiger partial charge in [-0.15, -0.1) is 11.8 Å². The summed E-state index contributed by atoms with van der Waals surface area (Å²) in [5.41, 5.74) is 7.86. The van der Waals surface area contributed by atoms with Gasteiger partial charge in [0.2, 0.25) is 5.91 Å². The van der Waals surface area contributed by atoms with Crippen molar-refractivity contribution in [2.45, 2.75) is 30.9 Å². The van der Waals surface area contributed by atoms with E-state index in [4.69, 9.17) is 10.5 Å². The lowest BCUT2D eigenvalue weighted by Gasteiger charge is -2.48. The molecule has 1 unspecified atom stereocenters. The molecule has 2 atom stereocenters. The largest absolute Gasteiger partial charge is 0.448 e. The number of ketones is 1. The molecule has 2 heterocycles. The first-order valence-corrected chi connectivity index (χ1v) is 10.8. The molecule has 2 aliphatic rings. The predicted octanol–water partition coefficient (Wildman–Crippen LogP) is 2.79. The zero-order valence-electron chi connectivity index (χ0n) is 16.5. The smallest absolute Gasteiger partial charge is 0.356 e. The van der Waals surface area contributed by atoms with Crippen LogP contribution in [0.4, 0.5) is 0 Å². The highest BCUT2D eigenvalue weighted by molar-refractivity contribution is 8.00. The summed E-state index contributed by atoms with van der Waals surface area (Å²) in [5.74, 6) is -0.885. The second-order valence-electron chi connectivity index (χ2n) is 7.15. The number of hydrogen-bond donors (Lipinski definition) is 1. The van der Waals surface area contributed by atoms with Crippen molar-refractivity contribution < 1.29 is 19.1 Å². The lowest BCUT2D eigenvalue weighted by Crippen LogP contribution is -2.68. The third kappa shape index (κ3) is 3.55. The molecule has 0 radical (unpaired) electrons. The van der Waals surface area contributed by atoms with Crippen molar-refractivity contribution in [2.24, 2.45) is 5.73 Å². The molecule has 4 rings (SSSR count). The number of carbonyl (C=O) groups is 3. The van der Waals surface area contributed by atoms with Gasteiger partial charge in [0.1, 0.15) is 17.1 Å². The zero-order valence-corrected chi connectivity index (χ0v) is 17.3. The highest BCUT2D eigenvalue weighted by atomic mass is 32.2. The van der Waals surface area contributed by atoms with E-state index in [-0.39, 0.29) is 29.2 Å². The van der Waals surface area contributed by atoms with Gasteiger partial charge < -0.3 is 10.5 Å². The molecule has 1 amide bonds. The number of fused-ring (bicyclic) bond motifs is 1. The lowest BCUT2D eigenvalue weighted by atomic mass is 9.99. The monoisotopic (exact) mass is 422 g/mol. The van der Waals surface area contributed by atoms with Crippen LogP contribution in [0.5, 0.6) is 0 Å². The Labute approximate surface area is 179 Å². The number of carbonyl (C=O) groups excluding carboxylic acids is 3. The number of ether oxygens (including phenoxy) is 1. The van der Waals surface area contributed by atoms with Crippen molar-refractivity contribution in [2.75, 3.05) is 5.75 Å². The molecule has 154 valence electrons. The minimum Gasteiger partial charge on any atom is -0.448 e. The summed E-state index contributed by atoms with van der Waals surface area (Å²) in [4.78, 5) is 39.6. The van der Waals surface area contributed by atoms with E-state index < -0.39 is 18.1 Å². The second kappa shape index (κ2) is 8.45. The molecule has 0 saturated carbocycles. The molecule has 1 saturated heterocycles. The molecule has 0 aromatic heterocycles. The molecule has 1 fully saturated rings. The van der Waals surface area contributed by atoms with Crippen molar-refractivity contribution in [3.63, 3.8) is 0 Å². The summed E-state index contributed by atoms with van der Waals surface area (Å²) in [6.45, 7) is 1.73. The molecule has 0 aliphatic carbocycles. The van der Waals surface area contributed by atoms with Crippen molar-refractivity contribution in [3.05, 3.63) is 83.1 Å². The maximum absolute atomic E-state index is 13.4. The third-order valence-electron chi connectivity index (χ3n) is 5.29. The molecular weight excluding hydrogens is 400 g/mol. The molecule has 2 aromatic rings. The van der Waals surface area contributed by atoms with Crippen LogP contribution in [0, 0.1) is 0 Å². The van der Waals surface area contributed by atoms with Gasteiger partial charge in [0.05, 0.1) is 0 Å². The molecule has 2 N–H and O–H groups in total. The van der Waals surface area contributed by atoms with E-state index in [0.29, 0.717) is 11.3 Å². The number of nitrogens with two attached hydrogens (primary N) is 1. The molecule has 7 heteroatoms. The molecule has 0 spiro atoms. The minimum atomic E-state index is -0.685. The van der Waals surface area contributed by atoms with E-state index in [9.17, 15) is 14.4 Å². The number of β-lactam (4-membered cyclic amide) rings is 1. The Kier molecular flexibility index (Phi) is 5.74. The number of Topliss-reactive ketones (excluding diaryl/α,β-unsaturated/α-hetero) is 1. The topological polar surface area (TPSA) is 89.7 Å². The van der Waals surface area contributed by atoms with E-state index in [1.54, 1.807) is 6.92 Å². The predicted molar refractivity (Wildman–Crippen MR) is 114 cm³/mol. The summed E-state index contributed by atoms with van der Waals surface area (Å²) in [6.07, 6.45) is -0.421. The average Bonchev–Trinajstić information content (AvgIpc) is 2.81. The second-order valence-corrected chi connectivity index (χ2v) is 8.25. The van der Waals surface area contributed by atoms with Crippen LogP contribution in [0.2, 0.25) is 0 Å². The standard InChI is InChI=1S/C23H22N2O4S/c1-2-17(26)16-13-30-22-18(24)21(27)25(22)19(16)23(28)29-20(14-9-5-3-6-10-14)15-11-7-4-8-12-15/h3-12,18,20,22H,2,13,24H2,1H3/t18?,22-/m1/s1. The van der Waals surface area contributed by atoms with Crippen LogP contribution in [-0.4, -0.2) is 39.7 Å². The van der Waals surface area contributed by atoms with Crippen LogP contribution in [0.25, 0.3) is 0 Å². The van der Waals surface area contributed by atoms with Gasteiger partial charge in [-0.25, -0.2) is 4.79 Å². The van der Waals surface area contributed by atoms with Crippen LogP contribution in [0.3, 0.4) is 0 Å². The van der Waals surface area contributed by atoms with Gasteiger partial charge in [0, 0.05) is 17.7 Å². The summed E-state index contributed by atoms with van der Waals surface area (Å²) < 4.78 is 5.93. The Morgan fingerprint density at radius 2 is 1.67 bits per heavy atom.